The largest absolute Gasteiger partial charge is 0.452 e. The van der Waals surface area contributed by atoms with Gasteiger partial charge in [0.05, 0.1) is 0 Å². The van der Waals surface area contributed by atoms with Crippen LogP contribution in [0.2, 0.25) is 0 Å². The van der Waals surface area contributed by atoms with Gasteiger partial charge >= 0.3 is 5.97 Å². The van der Waals surface area contributed by atoms with Gasteiger partial charge in [-0.1, -0.05) is 34.1 Å². The molecule has 5 heteroatoms. The van der Waals surface area contributed by atoms with Gasteiger partial charge in [0.2, 0.25) is 0 Å². The molecule has 1 aromatic rings. The molecule has 0 fully saturated rings. The molecule has 0 saturated heterocycles. The van der Waals surface area contributed by atoms with Gasteiger partial charge in [0.1, 0.15) is 0 Å². The predicted octanol–water partition coefficient (Wildman–Crippen LogP) is 2.53. The predicted molar refractivity (Wildman–Crippen MR) is 77.4 cm³/mol. The fourth-order valence-electron chi connectivity index (χ4n) is 1.32. The molecule has 0 unspecified atom stereocenters. The zero-order valence-corrected chi connectivity index (χ0v) is 12.4. The zero-order valence-electron chi connectivity index (χ0n) is 10.9. The summed E-state index contributed by atoms with van der Waals surface area (Å²) in [5.74, 6) is -0.854. The number of hydrogen-bond donors (Lipinski definition) is 1. The van der Waals surface area contributed by atoms with E-state index in [0.29, 0.717) is 0 Å². The van der Waals surface area contributed by atoms with Crippen molar-refractivity contribution in [2.45, 2.75) is 19.9 Å². The van der Waals surface area contributed by atoms with Crippen LogP contribution in [0, 0.1) is 0 Å². The molecule has 19 heavy (non-hydrogen) atoms. The van der Waals surface area contributed by atoms with Crippen molar-refractivity contribution in [2.75, 3.05) is 6.61 Å². The summed E-state index contributed by atoms with van der Waals surface area (Å²) in [6.07, 6.45) is 2.93. The summed E-state index contributed by atoms with van der Waals surface area (Å²) < 4.78 is 5.70. The van der Waals surface area contributed by atoms with E-state index in [4.69, 9.17) is 4.74 Å². The number of carbonyl (C=O) groups is 2. The second kappa shape index (κ2) is 7.74. The lowest BCUT2D eigenvalue weighted by Crippen LogP contribution is -2.33. The molecule has 0 atom stereocenters. The third-order valence-electron chi connectivity index (χ3n) is 2.10. The quantitative estimate of drug-likeness (QED) is 0.668. The maximum atomic E-state index is 11.4. The molecule has 0 aliphatic rings. The van der Waals surface area contributed by atoms with E-state index in [1.54, 1.807) is 6.08 Å². The molecule has 0 aliphatic carbocycles. The first-order chi connectivity index (χ1) is 8.99. The Bertz CT molecular complexity index is 483. The molecule has 102 valence electrons. The van der Waals surface area contributed by atoms with E-state index in [2.05, 4.69) is 21.2 Å². The number of amides is 1. The van der Waals surface area contributed by atoms with Crippen LogP contribution in [0.1, 0.15) is 19.4 Å². The van der Waals surface area contributed by atoms with Gasteiger partial charge < -0.3 is 10.1 Å². The van der Waals surface area contributed by atoms with Gasteiger partial charge in [-0.2, -0.15) is 0 Å². The zero-order chi connectivity index (χ0) is 14.3. The van der Waals surface area contributed by atoms with E-state index in [1.165, 1.54) is 6.08 Å². The molecule has 1 rings (SSSR count). The number of rotatable bonds is 5. The van der Waals surface area contributed by atoms with Gasteiger partial charge in [-0.05, 0) is 31.6 Å². The Morgan fingerprint density at radius 3 is 2.68 bits per heavy atom. The second-order valence-corrected chi connectivity index (χ2v) is 5.04. The fraction of sp³-hybridized carbons (Fsp3) is 0.286. The van der Waals surface area contributed by atoms with E-state index < -0.39 is 5.97 Å². The highest BCUT2D eigenvalue weighted by Gasteiger charge is 2.06. The third kappa shape index (κ3) is 6.20. The van der Waals surface area contributed by atoms with Crippen LogP contribution >= 0.6 is 15.9 Å². The average Bonchev–Trinajstić information content (AvgIpc) is 2.34. The topological polar surface area (TPSA) is 55.4 Å². The Hall–Kier alpha value is -1.62. The lowest BCUT2D eigenvalue weighted by molar-refractivity contribution is -0.143. The van der Waals surface area contributed by atoms with Gasteiger partial charge in [0.15, 0.2) is 6.61 Å². The molecule has 1 amide bonds. The minimum Gasteiger partial charge on any atom is -0.452 e. The standard InChI is InChI=1S/C14H16BrNO3/c1-10(2)16-13(17)9-19-14(18)8-7-11-5-3-4-6-12(11)15/h3-8,10H,9H2,1-2H3,(H,16,17)/b8-7+. The van der Waals surface area contributed by atoms with E-state index >= 15 is 0 Å². The molecule has 0 aliphatic heterocycles. The van der Waals surface area contributed by atoms with Crippen LogP contribution in [0.5, 0.6) is 0 Å². The molecule has 1 N–H and O–H groups in total. The van der Waals surface area contributed by atoms with Crippen LogP contribution in [0.25, 0.3) is 6.08 Å². The minimum atomic E-state index is -0.547. The monoisotopic (exact) mass is 325 g/mol. The van der Waals surface area contributed by atoms with Gasteiger partial charge in [-0.3, -0.25) is 4.79 Å². The molecule has 0 spiro atoms. The Labute approximate surface area is 121 Å². The van der Waals surface area contributed by atoms with Crippen molar-refractivity contribution in [3.8, 4) is 0 Å². The highest BCUT2D eigenvalue weighted by atomic mass is 79.9. The molecule has 1 aromatic carbocycles. The van der Waals surface area contributed by atoms with Crippen molar-refractivity contribution in [3.05, 3.63) is 40.4 Å². The van der Waals surface area contributed by atoms with Crippen molar-refractivity contribution in [2.24, 2.45) is 0 Å². The van der Waals surface area contributed by atoms with E-state index in [0.717, 1.165) is 10.0 Å². The van der Waals surface area contributed by atoms with E-state index in [1.807, 2.05) is 38.1 Å². The van der Waals surface area contributed by atoms with E-state index in [9.17, 15) is 9.59 Å². The summed E-state index contributed by atoms with van der Waals surface area (Å²) in [4.78, 5) is 22.7. The van der Waals surface area contributed by atoms with Crippen molar-refractivity contribution < 1.29 is 14.3 Å². The minimum absolute atomic E-state index is 0.0296. The molecule has 0 bridgehead atoms. The van der Waals surface area contributed by atoms with Crippen LogP contribution in [-0.2, 0) is 14.3 Å². The van der Waals surface area contributed by atoms with Crippen LogP contribution in [-0.4, -0.2) is 24.5 Å². The summed E-state index contributed by atoms with van der Waals surface area (Å²) in [5.41, 5.74) is 0.867. The number of hydrogen-bond acceptors (Lipinski definition) is 3. The highest BCUT2D eigenvalue weighted by Crippen LogP contribution is 2.16. The maximum Gasteiger partial charge on any atom is 0.331 e. The number of carbonyl (C=O) groups excluding carboxylic acids is 2. The second-order valence-electron chi connectivity index (χ2n) is 4.18. The van der Waals surface area contributed by atoms with Crippen LogP contribution in [0.3, 0.4) is 0 Å². The van der Waals surface area contributed by atoms with Crippen molar-refractivity contribution >= 4 is 33.9 Å². The molecule has 0 radical (unpaired) electrons. The van der Waals surface area contributed by atoms with Crippen molar-refractivity contribution in [1.82, 2.24) is 5.32 Å². The number of halogens is 1. The van der Waals surface area contributed by atoms with Crippen molar-refractivity contribution in [1.29, 1.82) is 0 Å². The molecular weight excluding hydrogens is 310 g/mol. The van der Waals surface area contributed by atoms with Gasteiger partial charge in [-0.25, -0.2) is 4.79 Å². The Morgan fingerprint density at radius 1 is 1.37 bits per heavy atom. The average molecular weight is 326 g/mol. The summed E-state index contributed by atoms with van der Waals surface area (Å²) in [6, 6.07) is 7.52. The summed E-state index contributed by atoms with van der Waals surface area (Å²) in [6.45, 7) is 3.41. The lowest BCUT2D eigenvalue weighted by Gasteiger charge is -2.07. The first-order valence-electron chi connectivity index (χ1n) is 5.87. The molecule has 0 saturated carbocycles. The number of ether oxygens (including phenoxy) is 1. The number of benzene rings is 1. The SMILES string of the molecule is CC(C)NC(=O)COC(=O)/C=C/c1ccccc1Br. The summed E-state index contributed by atoms with van der Waals surface area (Å²) in [7, 11) is 0. The number of esters is 1. The smallest absolute Gasteiger partial charge is 0.331 e. The van der Waals surface area contributed by atoms with Gasteiger partial charge in [0, 0.05) is 16.6 Å². The highest BCUT2D eigenvalue weighted by molar-refractivity contribution is 9.10. The van der Waals surface area contributed by atoms with Crippen LogP contribution in [0.4, 0.5) is 0 Å². The Kier molecular flexibility index (Phi) is 6.29. The van der Waals surface area contributed by atoms with Crippen LogP contribution < -0.4 is 5.32 Å². The number of nitrogens with one attached hydrogen (secondary N) is 1. The molecule has 4 nitrogen and oxygen atoms in total. The van der Waals surface area contributed by atoms with Gasteiger partial charge in [-0.15, -0.1) is 0 Å². The van der Waals surface area contributed by atoms with Crippen molar-refractivity contribution in [3.63, 3.8) is 0 Å². The first kappa shape index (κ1) is 15.4. The molecule has 0 aromatic heterocycles. The van der Waals surface area contributed by atoms with E-state index in [-0.39, 0.29) is 18.6 Å². The van der Waals surface area contributed by atoms with Crippen LogP contribution in [0.15, 0.2) is 34.8 Å². The Morgan fingerprint density at radius 2 is 2.05 bits per heavy atom. The molecular formula is C14H16BrNO3. The summed E-state index contributed by atoms with van der Waals surface area (Å²) in [5, 5.41) is 2.63. The normalized spacial score (nSPS) is 10.7. The van der Waals surface area contributed by atoms with Gasteiger partial charge in [0.25, 0.3) is 5.91 Å². The first-order valence-corrected chi connectivity index (χ1v) is 6.67. The fourth-order valence-corrected chi connectivity index (χ4v) is 1.73. The molecule has 0 heterocycles. The maximum absolute atomic E-state index is 11.4. The summed E-state index contributed by atoms with van der Waals surface area (Å²) >= 11 is 3.37. The third-order valence-corrected chi connectivity index (χ3v) is 2.82. The Balaban J connectivity index is 2.44. The lowest BCUT2D eigenvalue weighted by atomic mass is 10.2.